The van der Waals surface area contributed by atoms with Crippen molar-refractivity contribution in [3.8, 4) is 0 Å². The summed E-state index contributed by atoms with van der Waals surface area (Å²) in [6.45, 7) is 7.71. The molecule has 3 aliphatic rings. The van der Waals surface area contributed by atoms with Gasteiger partial charge in [0.1, 0.15) is 0 Å². The molecule has 2 heteroatoms. The van der Waals surface area contributed by atoms with E-state index in [9.17, 15) is 0 Å². The van der Waals surface area contributed by atoms with E-state index in [1.165, 1.54) is 77.5 Å². The molecule has 1 aliphatic heterocycles. The molecule has 0 bridgehead atoms. The molecule has 2 aliphatic carbocycles. The van der Waals surface area contributed by atoms with Crippen LogP contribution < -0.4 is 5.32 Å². The molecule has 0 radical (unpaired) electrons. The minimum Gasteiger partial charge on any atom is -0.310 e. The van der Waals surface area contributed by atoms with Crippen LogP contribution in [0.15, 0.2) is 0 Å². The van der Waals surface area contributed by atoms with Gasteiger partial charge in [-0.1, -0.05) is 19.3 Å². The van der Waals surface area contributed by atoms with E-state index in [1.54, 1.807) is 0 Å². The summed E-state index contributed by atoms with van der Waals surface area (Å²) < 4.78 is 0. The predicted molar refractivity (Wildman–Crippen MR) is 76.8 cm³/mol. The number of hydrogen-bond acceptors (Lipinski definition) is 2. The smallest absolute Gasteiger partial charge is 0.0308 e. The highest BCUT2D eigenvalue weighted by Gasteiger charge is 2.43. The molecular formula is C16H30N2. The second-order valence-electron chi connectivity index (χ2n) is 7.21. The fraction of sp³-hybridized carbons (Fsp3) is 1.00. The largest absolute Gasteiger partial charge is 0.310 e. The Morgan fingerprint density at radius 1 is 1.06 bits per heavy atom. The molecule has 1 N–H and O–H groups in total. The number of hydrogen-bond donors (Lipinski definition) is 1. The first kappa shape index (κ1) is 12.9. The summed E-state index contributed by atoms with van der Waals surface area (Å²) in [6, 6.07) is 0. The molecule has 18 heavy (non-hydrogen) atoms. The van der Waals surface area contributed by atoms with Gasteiger partial charge in [-0.25, -0.2) is 0 Å². The fourth-order valence-electron chi connectivity index (χ4n) is 4.16. The van der Waals surface area contributed by atoms with Crippen LogP contribution in [-0.4, -0.2) is 36.6 Å². The Balaban J connectivity index is 1.56. The SMILES string of the molecule is CC1(C2CC2)CN(CC2CCCCC2)CCCN1. The van der Waals surface area contributed by atoms with Gasteiger partial charge in [0, 0.05) is 18.6 Å². The summed E-state index contributed by atoms with van der Waals surface area (Å²) in [6.07, 6.45) is 11.7. The van der Waals surface area contributed by atoms with Crippen LogP contribution in [0, 0.1) is 11.8 Å². The molecule has 1 atom stereocenters. The molecule has 0 aromatic rings. The first-order valence-electron chi connectivity index (χ1n) is 8.24. The average molecular weight is 250 g/mol. The van der Waals surface area contributed by atoms with Crippen molar-refractivity contribution in [2.45, 2.75) is 63.8 Å². The standard InChI is InChI=1S/C16H30N2/c1-16(15-8-9-15)13-18(11-5-10-17-16)12-14-6-3-2-4-7-14/h14-15,17H,2-13H2,1H3. The zero-order valence-electron chi connectivity index (χ0n) is 12.1. The minimum atomic E-state index is 0.422. The van der Waals surface area contributed by atoms with Crippen LogP contribution in [-0.2, 0) is 0 Å². The van der Waals surface area contributed by atoms with Crippen LogP contribution in [0.25, 0.3) is 0 Å². The summed E-state index contributed by atoms with van der Waals surface area (Å²) in [7, 11) is 0. The molecule has 0 aromatic carbocycles. The van der Waals surface area contributed by atoms with Crippen molar-refractivity contribution < 1.29 is 0 Å². The quantitative estimate of drug-likeness (QED) is 0.828. The molecular weight excluding hydrogens is 220 g/mol. The van der Waals surface area contributed by atoms with Crippen molar-refractivity contribution in [2.75, 3.05) is 26.2 Å². The average Bonchev–Trinajstić information content (AvgIpc) is 3.19. The molecule has 2 saturated carbocycles. The monoisotopic (exact) mass is 250 g/mol. The molecule has 1 unspecified atom stereocenters. The van der Waals surface area contributed by atoms with Gasteiger partial charge in [-0.2, -0.15) is 0 Å². The third-order valence-electron chi connectivity index (χ3n) is 5.45. The third kappa shape index (κ3) is 3.08. The third-order valence-corrected chi connectivity index (χ3v) is 5.45. The lowest BCUT2D eigenvalue weighted by Crippen LogP contribution is -2.51. The van der Waals surface area contributed by atoms with Crippen LogP contribution in [0.4, 0.5) is 0 Å². The van der Waals surface area contributed by atoms with Crippen LogP contribution in [0.1, 0.15) is 58.3 Å². The first-order chi connectivity index (χ1) is 8.76. The Morgan fingerprint density at radius 2 is 1.83 bits per heavy atom. The summed E-state index contributed by atoms with van der Waals surface area (Å²) in [5.74, 6) is 1.96. The van der Waals surface area contributed by atoms with E-state index in [1.807, 2.05) is 0 Å². The topological polar surface area (TPSA) is 15.3 Å². The van der Waals surface area contributed by atoms with Crippen LogP contribution in [0.5, 0.6) is 0 Å². The van der Waals surface area contributed by atoms with E-state index >= 15 is 0 Å². The van der Waals surface area contributed by atoms with Gasteiger partial charge in [0.15, 0.2) is 0 Å². The van der Waals surface area contributed by atoms with E-state index in [-0.39, 0.29) is 0 Å². The van der Waals surface area contributed by atoms with E-state index in [0.29, 0.717) is 5.54 Å². The maximum absolute atomic E-state index is 3.85. The van der Waals surface area contributed by atoms with E-state index in [4.69, 9.17) is 0 Å². The summed E-state index contributed by atoms with van der Waals surface area (Å²) in [5.41, 5.74) is 0.422. The Hall–Kier alpha value is -0.0800. The first-order valence-corrected chi connectivity index (χ1v) is 8.24. The summed E-state index contributed by atoms with van der Waals surface area (Å²) in [5, 5.41) is 3.85. The Bertz CT molecular complexity index is 268. The molecule has 104 valence electrons. The Morgan fingerprint density at radius 3 is 2.56 bits per heavy atom. The van der Waals surface area contributed by atoms with Gasteiger partial charge in [-0.3, -0.25) is 0 Å². The number of rotatable bonds is 3. The molecule has 0 amide bonds. The zero-order chi connectivity index (χ0) is 12.4. The van der Waals surface area contributed by atoms with Crippen molar-refractivity contribution in [1.29, 1.82) is 0 Å². The molecule has 1 saturated heterocycles. The van der Waals surface area contributed by atoms with Crippen molar-refractivity contribution in [3.05, 3.63) is 0 Å². The van der Waals surface area contributed by atoms with Crippen LogP contribution in [0.2, 0.25) is 0 Å². The second kappa shape index (κ2) is 5.50. The van der Waals surface area contributed by atoms with Gasteiger partial charge < -0.3 is 10.2 Å². The Kier molecular flexibility index (Phi) is 3.95. The fourth-order valence-corrected chi connectivity index (χ4v) is 4.16. The van der Waals surface area contributed by atoms with Crippen molar-refractivity contribution in [1.82, 2.24) is 10.2 Å². The Labute approximate surface area is 113 Å². The molecule has 2 nitrogen and oxygen atoms in total. The minimum absolute atomic E-state index is 0.422. The summed E-state index contributed by atoms with van der Waals surface area (Å²) >= 11 is 0. The normalized spacial score (nSPS) is 36.5. The van der Waals surface area contributed by atoms with Gasteiger partial charge >= 0.3 is 0 Å². The molecule has 0 spiro atoms. The van der Waals surface area contributed by atoms with Gasteiger partial charge in [-0.15, -0.1) is 0 Å². The molecule has 3 rings (SSSR count). The number of nitrogens with zero attached hydrogens (tertiary/aromatic N) is 1. The maximum atomic E-state index is 3.85. The van der Waals surface area contributed by atoms with Crippen LogP contribution in [0.3, 0.4) is 0 Å². The van der Waals surface area contributed by atoms with Crippen molar-refractivity contribution >= 4 is 0 Å². The van der Waals surface area contributed by atoms with E-state index < -0.39 is 0 Å². The number of nitrogens with one attached hydrogen (secondary N) is 1. The highest BCUT2D eigenvalue weighted by molar-refractivity contribution is 5.01. The molecule has 0 aromatic heterocycles. The predicted octanol–water partition coefficient (Wildman–Crippen LogP) is 3.03. The van der Waals surface area contributed by atoms with Crippen molar-refractivity contribution in [2.24, 2.45) is 11.8 Å². The lowest BCUT2D eigenvalue weighted by Gasteiger charge is -2.36. The molecule has 1 heterocycles. The maximum Gasteiger partial charge on any atom is 0.0308 e. The van der Waals surface area contributed by atoms with Gasteiger partial charge in [-0.05, 0) is 64.0 Å². The van der Waals surface area contributed by atoms with Gasteiger partial charge in [0.2, 0.25) is 0 Å². The van der Waals surface area contributed by atoms with Gasteiger partial charge in [0.05, 0.1) is 0 Å². The highest BCUT2D eigenvalue weighted by atomic mass is 15.2. The highest BCUT2D eigenvalue weighted by Crippen LogP contribution is 2.40. The van der Waals surface area contributed by atoms with Crippen molar-refractivity contribution in [3.63, 3.8) is 0 Å². The zero-order valence-corrected chi connectivity index (χ0v) is 12.1. The summed E-state index contributed by atoms with van der Waals surface area (Å²) in [4.78, 5) is 2.79. The lowest BCUT2D eigenvalue weighted by molar-refractivity contribution is 0.161. The van der Waals surface area contributed by atoms with Gasteiger partial charge in [0.25, 0.3) is 0 Å². The molecule has 3 fully saturated rings. The lowest BCUT2D eigenvalue weighted by atomic mass is 9.88. The van der Waals surface area contributed by atoms with Crippen LogP contribution >= 0.6 is 0 Å². The van der Waals surface area contributed by atoms with E-state index in [2.05, 4.69) is 17.1 Å². The second-order valence-corrected chi connectivity index (χ2v) is 7.21. The van der Waals surface area contributed by atoms with E-state index in [0.717, 1.165) is 11.8 Å².